The second kappa shape index (κ2) is 7.01. The highest BCUT2D eigenvalue weighted by Gasteiger charge is 2.20. The van der Waals surface area contributed by atoms with Gasteiger partial charge in [-0.25, -0.2) is 13.1 Å². The Morgan fingerprint density at radius 2 is 1.85 bits per heavy atom. The number of rotatable bonds is 5. The fourth-order valence-electron chi connectivity index (χ4n) is 2.69. The molecule has 9 heteroatoms. The Morgan fingerprint density at radius 3 is 2.67 bits per heavy atom. The van der Waals surface area contributed by atoms with Gasteiger partial charge in [0.2, 0.25) is 21.7 Å². The van der Waals surface area contributed by atoms with Gasteiger partial charge in [0, 0.05) is 11.6 Å². The zero-order chi connectivity index (χ0) is 18.9. The number of nitrogens with zero attached hydrogens (tertiary/aromatic N) is 2. The quantitative estimate of drug-likeness (QED) is 0.716. The van der Waals surface area contributed by atoms with Crippen LogP contribution in [0.2, 0.25) is 0 Å². The molecular formula is C18H17N3O5S. The SMILES string of the molecule is Cc1ccccc1-c1noc(CNS(=O)(=O)c2ccc3c(c2)OCCO3)n1. The normalized spacial score (nSPS) is 13.5. The summed E-state index contributed by atoms with van der Waals surface area (Å²) in [4.78, 5) is 4.33. The first-order valence-corrected chi connectivity index (χ1v) is 9.79. The van der Waals surface area contributed by atoms with Crippen molar-refractivity contribution in [2.24, 2.45) is 0 Å². The lowest BCUT2D eigenvalue weighted by molar-refractivity contribution is 0.171. The van der Waals surface area contributed by atoms with Crippen LogP contribution >= 0.6 is 0 Å². The van der Waals surface area contributed by atoms with Crippen LogP contribution in [0.5, 0.6) is 11.5 Å². The van der Waals surface area contributed by atoms with E-state index in [0.29, 0.717) is 30.5 Å². The second-order valence-electron chi connectivity index (χ2n) is 5.96. The molecule has 27 heavy (non-hydrogen) atoms. The third-order valence-electron chi connectivity index (χ3n) is 4.09. The topological polar surface area (TPSA) is 104 Å². The molecule has 0 spiro atoms. The summed E-state index contributed by atoms with van der Waals surface area (Å²) in [6.07, 6.45) is 0. The summed E-state index contributed by atoms with van der Waals surface area (Å²) < 4.78 is 43.5. The lowest BCUT2D eigenvalue weighted by atomic mass is 10.1. The molecule has 0 radical (unpaired) electrons. The van der Waals surface area contributed by atoms with Crippen molar-refractivity contribution in [2.45, 2.75) is 18.4 Å². The molecule has 0 atom stereocenters. The van der Waals surface area contributed by atoms with Gasteiger partial charge in [-0.05, 0) is 24.6 Å². The maximum Gasteiger partial charge on any atom is 0.242 e. The molecule has 0 fully saturated rings. The standard InChI is InChI=1S/C18H17N3O5S/c1-12-4-2-3-5-14(12)18-20-17(26-21-18)11-19-27(22,23)13-6-7-15-16(10-13)25-9-8-24-15/h2-7,10,19H,8-9,11H2,1H3. The van der Waals surface area contributed by atoms with E-state index < -0.39 is 10.0 Å². The van der Waals surface area contributed by atoms with Gasteiger partial charge in [-0.15, -0.1) is 0 Å². The Hall–Kier alpha value is -2.91. The average Bonchev–Trinajstić information content (AvgIpc) is 3.15. The Morgan fingerprint density at radius 1 is 1.07 bits per heavy atom. The summed E-state index contributed by atoms with van der Waals surface area (Å²) >= 11 is 0. The Balaban J connectivity index is 1.49. The molecule has 1 aromatic heterocycles. The van der Waals surface area contributed by atoms with Crippen molar-refractivity contribution in [3.05, 3.63) is 53.9 Å². The van der Waals surface area contributed by atoms with Gasteiger partial charge in [-0.3, -0.25) is 0 Å². The van der Waals surface area contributed by atoms with Crippen molar-refractivity contribution in [3.8, 4) is 22.9 Å². The molecule has 8 nitrogen and oxygen atoms in total. The molecule has 1 aliphatic heterocycles. The van der Waals surface area contributed by atoms with Gasteiger partial charge in [0.05, 0.1) is 11.4 Å². The van der Waals surface area contributed by atoms with E-state index in [1.54, 1.807) is 6.07 Å². The second-order valence-corrected chi connectivity index (χ2v) is 7.72. The van der Waals surface area contributed by atoms with Crippen LogP contribution in [0.3, 0.4) is 0 Å². The fraction of sp³-hybridized carbons (Fsp3) is 0.222. The van der Waals surface area contributed by atoms with Crippen LogP contribution in [0, 0.1) is 6.92 Å². The monoisotopic (exact) mass is 387 g/mol. The summed E-state index contributed by atoms with van der Waals surface area (Å²) in [5.74, 6) is 1.53. The molecule has 0 unspecified atom stereocenters. The third-order valence-corrected chi connectivity index (χ3v) is 5.49. The number of ether oxygens (including phenoxy) is 2. The predicted octanol–water partition coefficient (Wildman–Crippen LogP) is 2.29. The van der Waals surface area contributed by atoms with E-state index in [9.17, 15) is 8.42 Å². The minimum absolute atomic E-state index is 0.0744. The van der Waals surface area contributed by atoms with E-state index in [4.69, 9.17) is 14.0 Å². The maximum atomic E-state index is 12.5. The predicted molar refractivity (Wildman–Crippen MR) is 95.9 cm³/mol. The van der Waals surface area contributed by atoms with Crippen molar-refractivity contribution >= 4 is 10.0 Å². The van der Waals surface area contributed by atoms with E-state index in [0.717, 1.165) is 11.1 Å². The first-order chi connectivity index (χ1) is 13.0. The molecule has 1 aliphatic rings. The van der Waals surface area contributed by atoms with Crippen LogP contribution < -0.4 is 14.2 Å². The van der Waals surface area contributed by atoms with E-state index in [2.05, 4.69) is 14.9 Å². The van der Waals surface area contributed by atoms with E-state index in [-0.39, 0.29) is 17.3 Å². The molecule has 0 bridgehead atoms. The van der Waals surface area contributed by atoms with Crippen molar-refractivity contribution < 1.29 is 22.4 Å². The third kappa shape index (κ3) is 3.64. The molecule has 0 saturated carbocycles. The molecule has 0 saturated heterocycles. The van der Waals surface area contributed by atoms with Crippen LogP contribution in [-0.4, -0.2) is 31.8 Å². The number of nitrogens with one attached hydrogen (secondary N) is 1. The highest BCUT2D eigenvalue weighted by Crippen LogP contribution is 2.32. The van der Waals surface area contributed by atoms with E-state index in [1.165, 1.54) is 12.1 Å². The number of hydrogen-bond donors (Lipinski definition) is 1. The lowest BCUT2D eigenvalue weighted by Gasteiger charge is -2.18. The van der Waals surface area contributed by atoms with Gasteiger partial charge in [-0.2, -0.15) is 4.98 Å². The van der Waals surface area contributed by atoms with Crippen LogP contribution in [0.1, 0.15) is 11.5 Å². The smallest absolute Gasteiger partial charge is 0.242 e. The largest absolute Gasteiger partial charge is 0.486 e. The molecule has 2 aromatic carbocycles. The fourth-order valence-corrected chi connectivity index (χ4v) is 3.68. The van der Waals surface area contributed by atoms with Gasteiger partial charge in [-0.1, -0.05) is 29.4 Å². The van der Waals surface area contributed by atoms with Crippen LogP contribution in [0.4, 0.5) is 0 Å². The number of aryl methyl sites for hydroxylation is 1. The molecule has 2 heterocycles. The number of fused-ring (bicyclic) bond motifs is 1. The first kappa shape index (κ1) is 17.5. The zero-order valence-corrected chi connectivity index (χ0v) is 15.3. The molecule has 4 rings (SSSR count). The highest BCUT2D eigenvalue weighted by molar-refractivity contribution is 7.89. The van der Waals surface area contributed by atoms with Gasteiger partial charge in [0.15, 0.2) is 11.5 Å². The zero-order valence-electron chi connectivity index (χ0n) is 14.5. The van der Waals surface area contributed by atoms with Crippen molar-refractivity contribution in [3.63, 3.8) is 0 Å². The van der Waals surface area contributed by atoms with Gasteiger partial charge < -0.3 is 14.0 Å². The Labute approximate surface area is 156 Å². The highest BCUT2D eigenvalue weighted by atomic mass is 32.2. The minimum atomic E-state index is -3.77. The molecule has 1 N–H and O–H groups in total. The maximum absolute atomic E-state index is 12.5. The molecule has 0 amide bonds. The van der Waals surface area contributed by atoms with E-state index >= 15 is 0 Å². The molecule has 0 aliphatic carbocycles. The Bertz CT molecular complexity index is 1080. The van der Waals surface area contributed by atoms with Gasteiger partial charge in [0.25, 0.3) is 0 Å². The number of hydrogen-bond acceptors (Lipinski definition) is 7. The molecular weight excluding hydrogens is 370 g/mol. The van der Waals surface area contributed by atoms with Crippen molar-refractivity contribution in [2.75, 3.05) is 13.2 Å². The van der Waals surface area contributed by atoms with Crippen molar-refractivity contribution in [1.29, 1.82) is 0 Å². The number of benzene rings is 2. The summed E-state index contributed by atoms with van der Waals surface area (Å²) in [6.45, 7) is 2.65. The van der Waals surface area contributed by atoms with Crippen LogP contribution in [0.25, 0.3) is 11.4 Å². The van der Waals surface area contributed by atoms with Gasteiger partial charge >= 0.3 is 0 Å². The van der Waals surface area contributed by atoms with E-state index in [1.807, 2.05) is 31.2 Å². The average molecular weight is 387 g/mol. The van der Waals surface area contributed by atoms with Crippen molar-refractivity contribution in [1.82, 2.24) is 14.9 Å². The summed E-state index contributed by atoms with van der Waals surface area (Å²) in [5, 5.41) is 3.92. The summed E-state index contributed by atoms with van der Waals surface area (Å²) in [5.41, 5.74) is 1.84. The Kier molecular flexibility index (Phi) is 4.54. The number of aromatic nitrogens is 2. The minimum Gasteiger partial charge on any atom is -0.486 e. The van der Waals surface area contributed by atoms with Crippen LogP contribution in [0.15, 0.2) is 51.9 Å². The van der Waals surface area contributed by atoms with Crippen LogP contribution in [-0.2, 0) is 16.6 Å². The molecule has 140 valence electrons. The summed E-state index contributed by atoms with van der Waals surface area (Å²) in [6, 6.07) is 12.1. The first-order valence-electron chi connectivity index (χ1n) is 8.31. The number of sulfonamides is 1. The van der Waals surface area contributed by atoms with Gasteiger partial charge in [0.1, 0.15) is 13.2 Å². The molecule has 3 aromatic rings. The lowest BCUT2D eigenvalue weighted by Crippen LogP contribution is -2.24. The summed E-state index contributed by atoms with van der Waals surface area (Å²) in [7, 11) is -3.77.